The first-order chi connectivity index (χ1) is 14.6. The van der Waals surface area contributed by atoms with E-state index >= 15 is 0 Å². The van der Waals surface area contributed by atoms with E-state index in [-0.39, 0.29) is 35.6 Å². The van der Waals surface area contributed by atoms with Crippen molar-refractivity contribution in [3.63, 3.8) is 0 Å². The molecule has 8 unspecified atom stereocenters. The monoisotopic (exact) mass is 430 g/mol. The summed E-state index contributed by atoms with van der Waals surface area (Å²) in [4.78, 5) is 26.4. The summed E-state index contributed by atoms with van der Waals surface area (Å²) in [7, 11) is 0. The second-order valence-corrected chi connectivity index (χ2v) is 12.8. The van der Waals surface area contributed by atoms with Crippen molar-refractivity contribution in [3.8, 4) is 0 Å². The fourth-order valence-electron chi connectivity index (χ4n) is 9.05. The minimum Gasteiger partial charge on any atom is -0.396 e. The van der Waals surface area contributed by atoms with Crippen LogP contribution in [0.15, 0.2) is 0 Å². The van der Waals surface area contributed by atoms with Gasteiger partial charge in [0.25, 0.3) is 0 Å². The Kier molecular flexibility index (Phi) is 6.49. The van der Waals surface area contributed by atoms with Gasteiger partial charge in [0.15, 0.2) is 0 Å². The van der Waals surface area contributed by atoms with Crippen molar-refractivity contribution in [1.29, 1.82) is 0 Å². The van der Waals surface area contributed by atoms with E-state index in [1.54, 1.807) is 0 Å². The molecule has 4 saturated carbocycles. The van der Waals surface area contributed by atoms with Crippen LogP contribution in [0.25, 0.3) is 0 Å². The summed E-state index contributed by atoms with van der Waals surface area (Å²) in [6.07, 6.45) is 11.1. The molecular weight excluding hydrogens is 384 g/mol. The molecule has 0 radical (unpaired) electrons. The molecule has 0 aromatic carbocycles. The topological polar surface area (TPSA) is 54.4 Å². The highest BCUT2D eigenvalue weighted by molar-refractivity contribution is 5.92. The average molecular weight is 431 g/mol. The highest BCUT2D eigenvalue weighted by Crippen LogP contribution is 2.67. The first kappa shape index (κ1) is 23.5. The number of aliphatic hydroxyl groups is 1. The van der Waals surface area contributed by atoms with Crippen molar-refractivity contribution in [1.82, 2.24) is 0 Å². The maximum absolute atomic E-state index is 13.4. The van der Waals surface area contributed by atoms with Crippen molar-refractivity contribution < 1.29 is 14.7 Å². The van der Waals surface area contributed by atoms with Crippen LogP contribution in [0.1, 0.15) is 98.8 Å². The minimum atomic E-state index is -0.174. The SMILES string of the molecule is CC1CCC2(C)C(CCC3C2CCC2(C)C3CC(=O)C2[C@H](C)C(=O)CC[C@H](C)CO)C1. The summed E-state index contributed by atoms with van der Waals surface area (Å²) >= 11 is 0. The minimum absolute atomic E-state index is 0.00107. The second kappa shape index (κ2) is 8.58. The van der Waals surface area contributed by atoms with E-state index in [0.717, 1.165) is 30.6 Å². The molecule has 10 atom stereocenters. The van der Waals surface area contributed by atoms with Crippen LogP contribution in [0.4, 0.5) is 0 Å². The second-order valence-electron chi connectivity index (χ2n) is 12.8. The molecule has 1 N–H and O–H groups in total. The van der Waals surface area contributed by atoms with Crippen molar-refractivity contribution in [2.75, 3.05) is 6.61 Å². The first-order valence-electron chi connectivity index (χ1n) is 13.3. The maximum atomic E-state index is 13.4. The largest absolute Gasteiger partial charge is 0.396 e. The standard InChI is InChI=1S/C28H46O3/c1-17-10-12-27(4)20(14-17)7-8-21-22(27)11-13-28(5)23(21)15-25(31)26(28)19(3)24(30)9-6-18(2)16-29/h17-23,26,29H,6-16H2,1-5H3/t17?,18-,19+,20?,21?,22?,23?,26?,27?,28?/m0/s1. The van der Waals surface area contributed by atoms with Crippen LogP contribution in [0, 0.1) is 58.2 Å². The number of ketones is 2. The fraction of sp³-hybridized carbons (Fsp3) is 0.929. The number of carbonyl (C=O) groups is 2. The predicted molar refractivity (Wildman–Crippen MR) is 124 cm³/mol. The van der Waals surface area contributed by atoms with Gasteiger partial charge < -0.3 is 5.11 Å². The Morgan fingerprint density at radius 1 is 1.06 bits per heavy atom. The van der Waals surface area contributed by atoms with Crippen LogP contribution in [0.5, 0.6) is 0 Å². The fourth-order valence-corrected chi connectivity index (χ4v) is 9.05. The highest BCUT2D eigenvalue weighted by atomic mass is 16.3. The third-order valence-electron chi connectivity index (χ3n) is 11.0. The molecule has 4 aliphatic carbocycles. The van der Waals surface area contributed by atoms with Gasteiger partial charge >= 0.3 is 0 Å². The lowest BCUT2D eigenvalue weighted by molar-refractivity contribution is -0.138. The van der Waals surface area contributed by atoms with Gasteiger partial charge in [-0.3, -0.25) is 9.59 Å². The molecule has 31 heavy (non-hydrogen) atoms. The Balaban J connectivity index is 1.52. The number of Topliss-reactive ketones (excluding diaryl/α,β-unsaturated/α-hetero) is 2. The Hall–Kier alpha value is -0.700. The van der Waals surface area contributed by atoms with Gasteiger partial charge in [-0.15, -0.1) is 0 Å². The smallest absolute Gasteiger partial charge is 0.137 e. The lowest BCUT2D eigenvalue weighted by Gasteiger charge is -2.61. The summed E-state index contributed by atoms with van der Waals surface area (Å²) in [5, 5.41) is 9.30. The number of fused-ring (bicyclic) bond motifs is 5. The Bertz CT molecular complexity index is 700. The van der Waals surface area contributed by atoms with Crippen molar-refractivity contribution >= 4 is 11.6 Å². The van der Waals surface area contributed by atoms with Crippen LogP contribution in [0.2, 0.25) is 0 Å². The molecule has 4 rings (SSSR count). The van der Waals surface area contributed by atoms with E-state index in [2.05, 4.69) is 20.8 Å². The van der Waals surface area contributed by atoms with Crippen LogP contribution >= 0.6 is 0 Å². The van der Waals surface area contributed by atoms with E-state index < -0.39 is 0 Å². The number of rotatable bonds is 6. The van der Waals surface area contributed by atoms with E-state index in [4.69, 9.17) is 0 Å². The molecule has 4 aliphatic rings. The van der Waals surface area contributed by atoms with E-state index in [1.807, 2.05) is 13.8 Å². The summed E-state index contributed by atoms with van der Waals surface area (Å²) in [6, 6.07) is 0. The van der Waals surface area contributed by atoms with Crippen LogP contribution in [-0.4, -0.2) is 23.3 Å². The normalized spacial score (nSPS) is 46.6. The van der Waals surface area contributed by atoms with Gasteiger partial charge in [-0.25, -0.2) is 0 Å². The van der Waals surface area contributed by atoms with Crippen molar-refractivity contribution in [3.05, 3.63) is 0 Å². The molecule has 3 heteroatoms. The molecule has 3 nitrogen and oxygen atoms in total. The first-order valence-corrected chi connectivity index (χ1v) is 13.3. The van der Waals surface area contributed by atoms with Crippen LogP contribution in [0.3, 0.4) is 0 Å². The average Bonchev–Trinajstić information content (AvgIpc) is 3.01. The summed E-state index contributed by atoms with van der Waals surface area (Å²) in [6.45, 7) is 11.5. The highest BCUT2D eigenvalue weighted by Gasteiger charge is 2.63. The Morgan fingerprint density at radius 3 is 2.48 bits per heavy atom. The summed E-state index contributed by atoms with van der Waals surface area (Å²) < 4.78 is 0. The van der Waals surface area contributed by atoms with E-state index in [1.165, 1.54) is 38.5 Å². The zero-order valence-corrected chi connectivity index (χ0v) is 20.7. The van der Waals surface area contributed by atoms with Crippen molar-refractivity contribution in [2.45, 2.75) is 98.8 Å². The maximum Gasteiger partial charge on any atom is 0.137 e. The number of aliphatic hydroxyl groups excluding tert-OH is 1. The third kappa shape index (κ3) is 3.85. The zero-order valence-electron chi connectivity index (χ0n) is 20.7. The molecule has 0 aliphatic heterocycles. The summed E-state index contributed by atoms with van der Waals surface area (Å²) in [5.74, 6) is 4.19. The number of carbonyl (C=O) groups excluding carboxylic acids is 2. The molecule has 4 fully saturated rings. The molecule has 0 saturated heterocycles. The van der Waals surface area contributed by atoms with Crippen LogP contribution < -0.4 is 0 Å². The Morgan fingerprint density at radius 2 is 1.77 bits per heavy atom. The molecule has 0 aromatic heterocycles. The lowest BCUT2D eigenvalue weighted by Crippen LogP contribution is -2.53. The third-order valence-corrected chi connectivity index (χ3v) is 11.0. The van der Waals surface area contributed by atoms with Gasteiger partial charge in [0.2, 0.25) is 0 Å². The molecule has 0 aromatic rings. The predicted octanol–water partition coefficient (Wildman–Crippen LogP) is 6.07. The van der Waals surface area contributed by atoms with Gasteiger partial charge in [-0.1, -0.05) is 41.0 Å². The molecule has 0 amide bonds. The lowest BCUT2D eigenvalue weighted by atomic mass is 9.44. The Labute approximate surface area is 190 Å². The number of hydrogen-bond donors (Lipinski definition) is 1. The number of hydrogen-bond acceptors (Lipinski definition) is 3. The quantitative estimate of drug-likeness (QED) is 0.556. The molecule has 0 bridgehead atoms. The molecule has 0 spiro atoms. The summed E-state index contributed by atoms with van der Waals surface area (Å²) in [5.41, 5.74) is 0.473. The van der Waals surface area contributed by atoms with Gasteiger partial charge in [-0.05, 0) is 91.3 Å². The van der Waals surface area contributed by atoms with Crippen LogP contribution in [-0.2, 0) is 9.59 Å². The molecule has 176 valence electrons. The van der Waals surface area contributed by atoms with Gasteiger partial charge in [0, 0.05) is 31.3 Å². The van der Waals surface area contributed by atoms with Gasteiger partial charge in [0.05, 0.1) is 0 Å². The molecule has 0 heterocycles. The zero-order chi connectivity index (χ0) is 22.6. The van der Waals surface area contributed by atoms with E-state index in [0.29, 0.717) is 35.9 Å². The van der Waals surface area contributed by atoms with Crippen molar-refractivity contribution in [2.24, 2.45) is 58.2 Å². The van der Waals surface area contributed by atoms with Gasteiger partial charge in [0.1, 0.15) is 11.6 Å². The molecular formula is C28H46O3. The van der Waals surface area contributed by atoms with E-state index in [9.17, 15) is 14.7 Å². The van der Waals surface area contributed by atoms with Gasteiger partial charge in [-0.2, -0.15) is 0 Å².